The Morgan fingerprint density at radius 3 is 1.57 bits per heavy atom. The molecular weight excluding hydrogens is 689 g/mol. The van der Waals surface area contributed by atoms with Crippen LogP contribution in [0.25, 0.3) is 0 Å². The number of hydrogen-bond donors (Lipinski definition) is 1. The summed E-state index contributed by atoms with van der Waals surface area (Å²) >= 11 is 0. The number of carbonyl (C=O) groups excluding carboxylic acids is 2. The zero-order valence-corrected chi connectivity index (χ0v) is 35.3. The number of phosphoric ester groups is 1. The van der Waals surface area contributed by atoms with Crippen LogP contribution in [-0.4, -0.2) is 68.3 Å². The van der Waals surface area contributed by atoms with Gasteiger partial charge in [-0.2, -0.15) is 0 Å². The van der Waals surface area contributed by atoms with E-state index in [4.69, 9.17) is 18.5 Å². The van der Waals surface area contributed by atoms with Crippen LogP contribution >= 0.6 is 7.82 Å². The van der Waals surface area contributed by atoms with Crippen LogP contribution < -0.4 is 0 Å². The molecule has 0 amide bonds. The second kappa shape index (κ2) is 38.5. The van der Waals surface area contributed by atoms with Crippen LogP contribution in [-0.2, 0) is 32.7 Å². The van der Waals surface area contributed by atoms with Crippen LogP contribution in [0.3, 0.4) is 0 Å². The predicted octanol–water partition coefficient (Wildman–Crippen LogP) is 12.0. The van der Waals surface area contributed by atoms with Crippen LogP contribution in [0.4, 0.5) is 0 Å². The molecule has 9 nitrogen and oxygen atoms in total. The third-order valence-corrected chi connectivity index (χ3v) is 9.93. The molecule has 0 aliphatic carbocycles. The van der Waals surface area contributed by atoms with Crippen molar-refractivity contribution < 1.29 is 37.6 Å². The first-order valence-electron chi connectivity index (χ1n) is 21.3. The van der Waals surface area contributed by atoms with Crippen LogP contribution in [0.2, 0.25) is 0 Å². The number of unbranched alkanes of at least 4 members (excludes halogenated alkanes) is 19. The van der Waals surface area contributed by atoms with Crippen LogP contribution in [0.1, 0.15) is 181 Å². The number of hydrogen-bond acceptors (Lipinski definition) is 8. The van der Waals surface area contributed by atoms with Crippen molar-refractivity contribution in [2.75, 3.05) is 40.5 Å². The first kappa shape index (κ1) is 51.2. The summed E-state index contributed by atoms with van der Waals surface area (Å²) < 4.78 is 33.4. The second-order valence-corrected chi connectivity index (χ2v) is 16.0. The van der Waals surface area contributed by atoms with Crippen molar-refractivity contribution in [2.45, 2.75) is 187 Å². The van der Waals surface area contributed by atoms with Gasteiger partial charge in [-0.3, -0.25) is 18.6 Å². The quantitative estimate of drug-likeness (QED) is 0.0282. The van der Waals surface area contributed by atoms with Crippen molar-refractivity contribution >= 4 is 19.8 Å². The third kappa shape index (κ3) is 39.7. The van der Waals surface area contributed by atoms with Gasteiger partial charge in [0.05, 0.1) is 13.2 Å². The summed E-state index contributed by atoms with van der Waals surface area (Å²) in [6.07, 6.45) is 40.5. The van der Waals surface area contributed by atoms with E-state index in [2.05, 4.69) is 50.3 Å². The highest BCUT2D eigenvalue weighted by molar-refractivity contribution is 7.47. The maximum Gasteiger partial charge on any atom is 0.472 e. The van der Waals surface area contributed by atoms with E-state index in [-0.39, 0.29) is 32.0 Å². The SMILES string of the molecule is CCCCCCCC/C=C\C/C=C\C/C=C\CCCC(=O)OC(COC(=O)CCCCCCCCCCCCCCC)COP(=O)(O)OCCN(C)C. The zero-order valence-electron chi connectivity index (χ0n) is 34.5. The first-order chi connectivity index (χ1) is 25.7. The molecule has 0 radical (unpaired) electrons. The van der Waals surface area contributed by atoms with Gasteiger partial charge in [0.2, 0.25) is 0 Å². The summed E-state index contributed by atoms with van der Waals surface area (Å²) in [5, 5.41) is 0. The fraction of sp³-hybridized carbons (Fsp3) is 0.814. The lowest BCUT2D eigenvalue weighted by molar-refractivity contribution is -0.161. The Bertz CT molecular complexity index is 983. The fourth-order valence-electron chi connectivity index (χ4n) is 5.64. The van der Waals surface area contributed by atoms with Crippen molar-refractivity contribution in [3.05, 3.63) is 36.5 Å². The number of nitrogens with zero attached hydrogens (tertiary/aromatic N) is 1. The number of rotatable bonds is 39. The van der Waals surface area contributed by atoms with Gasteiger partial charge in [0, 0.05) is 19.4 Å². The molecule has 0 spiro atoms. The van der Waals surface area contributed by atoms with Crippen molar-refractivity contribution in [1.82, 2.24) is 4.90 Å². The van der Waals surface area contributed by atoms with Gasteiger partial charge >= 0.3 is 19.8 Å². The molecule has 53 heavy (non-hydrogen) atoms. The molecule has 2 unspecified atom stereocenters. The van der Waals surface area contributed by atoms with Crippen molar-refractivity contribution in [3.8, 4) is 0 Å². The predicted molar refractivity (Wildman–Crippen MR) is 220 cm³/mol. The lowest BCUT2D eigenvalue weighted by atomic mass is 10.0. The van der Waals surface area contributed by atoms with Gasteiger partial charge in [0.15, 0.2) is 6.10 Å². The Morgan fingerprint density at radius 1 is 0.585 bits per heavy atom. The summed E-state index contributed by atoms with van der Waals surface area (Å²) in [6.45, 7) is 4.26. The average molecular weight is 770 g/mol. The average Bonchev–Trinajstić information content (AvgIpc) is 3.12. The van der Waals surface area contributed by atoms with Gasteiger partial charge in [-0.1, -0.05) is 159 Å². The first-order valence-corrected chi connectivity index (χ1v) is 22.8. The minimum Gasteiger partial charge on any atom is -0.462 e. The molecule has 0 aromatic heterocycles. The van der Waals surface area contributed by atoms with Gasteiger partial charge in [0.1, 0.15) is 6.61 Å². The molecule has 0 rings (SSSR count). The summed E-state index contributed by atoms with van der Waals surface area (Å²) in [5.41, 5.74) is 0. The molecular formula is C43H80NO8P. The highest BCUT2D eigenvalue weighted by Crippen LogP contribution is 2.43. The zero-order chi connectivity index (χ0) is 39.1. The van der Waals surface area contributed by atoms with E-state index in [0.29, 0.717) is 13.0 Å². The topological polar surface area (TPSA) is 112 Å². The van der Waals surface area contributed by atoms with Crippen molar-refractivity contribution in [3.63, 3.8) is 0 Å². The van der Waals surface area contributed by atoms with E-state index in [9.17, 15) is 19.0 Å². The molecule has 0 aromatic carbocycles. The van der Waals surface area contributed by atoms with Crippen LogP contribution in [0, 0.1) is 0 Å². The van der Waals surface area contributed by atoms with E-state index in [0.717, 1.165) is 44.9 Å². The molecule has 1 N–H and O–H groups in total. The smallest absolute Gasteiger partial charge is 0.462 e. The number of esters is 2. The molecule has 2 atom stereocenters. The molecule has 0 bridgehead atoms. The van der Waals surface area contributed by atoms with Crippen LogP contribution in [0.5, 0.6) is 0 Å². The maximum absolute atomic E-state index is 12.6. The van der Waals surface area contributed by atoms with E-state index >= 15 is 0 Å². The molecule has 0 aliphatic rings. The van der Waals surface area contributed by atoms with Gasteiger partial charge in [-0.25, -0.2) is 4.57 Å². The minimum atomic E-state index is -4.37. The Hall–Kier alpha value is -1.77. The van der Waals surface area contributed by atoms with Crippen molar-refractivity contribution in [2.24, 2.45) is 0 Å². The van der Waals surface area contributed by atoms with Gasteiger partial charge < -0.3 is 19.3 Å². The minimum absolute atomic E-state index is 0.000983. The molecule has 0 fully saturated rings. The summed E-state index contributed by atoms with van der Waals surface area (Å²) in [6, 6.07) is 0. The molecule has 0 saturated heterocycles. The summed E-state index contributed by atoms with van der Waals surface area (Å²) in [4.78, 5) is 36.9. The largest absolute Gasteiger partial charge is 0.472 e. The summed E-state index contributed by atoms with van der Waals surface area (Å²) in [5.74, 6) is -0.861. The third-order valence-electron chi connectivity index (χ3n) is 8.95. The lowest BCUT2D eigenvalue weighted by Gasteiger charge is -2.20. The second-order valence-electron chi connectivity index (χ2n) is 14.5. The van der Waals surface area contributed by atoms with E-state index in [1.807, 2.05) is 19.0 Å². The fourth-order valence-corrected chi connectivity index (χ4v) is 6.39. The number of allylic oxidation sites excluding steroid dienone is 6. The molecule has 0 aromatic rings. The monoisotopic (exact) mass is 770 g/mol. The Morgan fingerprint density at radius 2 is 1.04 bits per heavy atom. The van der Waals surface area contributed by atoms with Gasteiger partial charge in [-0.15, -0.1) is 0 Å². The Labute approximate surface area is 325 Å². The Kier molecular flexibility index (Phi) is 37.2. The molecule has 310 valence electrons. The van der Waals surface area contributed by atoms with Crippen LogP contribution in [0.15, 0.2) is 36.5 Å². The van der Waals surface area contributed by atoms with Crippen molar-refractivity contribution in [1.29, 1.82) is 0 Å². The number of carbonyl (C=O) groups is 2. The van der Waals surface area contributed by atoms with E-state index in [1.165, 1.54) is 103 Å². The molecule has 10 heteroatoms. The molecule has 0 heterocycles. The van der Waals surface area contributed by atoms with E-state index in [1.54, 1.807) is 0 Å². The summed E-state index contributed by atoms with van der Waals surface area (Å²) in [7, 11) is -0.733. The lowest BCUT2D eigenvalue weighted by Crippen LogP contribution is -2.29. The molecule has 0 aliphatic heterocycles. The highest BCUT2D eigenvalue weighted by atomic mass is 31.2. The normalized spacial score (nSPS) is 13.8. The number of phosphoric acid groups is 1. The standard InChI is InChI=1S/C43H80NO8P/c1-5-7-9-11-13-15-17-19-20-21-22-24-26-28-30-32-34-36-43(46)52-41(40-51-53(47,48)50-38-37-44(3)4)39-49-42(45)35-33-31-29-27-25-23-18-16-14-12-10-8-6-2/h19-20,22,24,28,30,41H,5-18,21,23,25-27,29,31-40H2,1-4H3,(H,47,48)/b20-19-,24-22-,30-28-. The van der Waals surface area contributed by atoms with Gasteiger partial charge in [-0.05, 0) is 59.0 Å². The Balaban J connectivity index is 4.39. The maximum atomic E-state index is 12.6. The molecule has 0 saturated carbocycles. The number of ether oxygens (including phenoxy) is 2. The van der Waals surface area contributed by atoms with E-state index < -0.39 is 26.5 Å². The van der Waals surface area contributed by atoms with Gasteiger partial charge in [0.25, 0.3) is 0 Å². The highest BCUT2D eigenvalue weighted by Gasteiger charge is 2.26. The number of likely N-dealkylation sites (N-methyl/N-ethyl adjacent to an activating group) is 1.